The van der Waals surface area contributed by atoms with E-state index < -0.39 is 0 Å². The molecule has 3 heteroatoms. The molecule has 0 radical (unpaired) electrons. The monoisotopic (exact) mass is 317 g/mol. The van der Waals surface area contributed by atoms with Crippen LogP contribution in [0.3, 0.4) is 0 Å². The minimum absolute atomic E-state index is 0.686. The van der Waals surface area contributed by atoms with Crippen LogP contribution in [-0.2, 0) is 6.54 Å². The van der Waals surface area contributed by atoms with Crippen LogP contribution in [0.2, 0.25) is 0 Å². The van der Waals surface area contributed by atoms with Crippen molar-refractivity contribution in [1.82, 2.24) is 0 Å². The summed E-state index contributed by atoms with van der Waals surface area (Å²) in [4.78, 5) is 4.61. The first-order valence-electron chi connectivity index (χ1n) is 6.09. The average molecular weight is 318 g/mol. The Morgan fingerprint density at radius 2 is 1.68 bits per heavy atom. The van der Waals surface area contributed by atoms with Crippen molar-refractivity contribution in [3.8, 4) is 5.75 Å². The molecule has 0 atom stereocenters. The van der Waals surface area contributed by atoms with Crippen LogP contribution >= 0.6 is 15.9 Å². The SMILES string of the molecule is COc1ccc(CN=C(C)c2ccc(Br)cc2)cc1. The minimum atomic E-state index is 0.686. The average Bonchev–Trinajstić information content (AvgIpc) is 2.46. The summed E-state index contributed by atoms with van der Waals surface area (Å²) >= 11 is 3.43. The zero-order valence-electron chi connectivity index (χ0n) is 11.1. The Morgan fingerprint density at radius 3 is 2.26 bits per heavy atom. The molecule has 0 aliphatic heterocycles. The van der Waals surface area contributed by atoms with Crippen LogP contribution in [0.5, 0.6) is 5.75 Å². The Balaban J connectivity index is 2.06. The van der Waals surface area contributed by atoms with Gasteiger partial charge in [-0.1, -0.05) is 40.2 Å². The molecule has 2 rings (SSSR count). The van der Waals surface area contributed by atoms with E-state index in [0.717, 1.165) is 21.5 Å². The zero-order chi connectivity index (χ0) is 13.7. The van der Waals surface area contributed by atoms with Gasteiger partial charge in [0.25, 0.3) is 0 Å². The maximum atomic E-state index is 5.14. The van der Waals surface area contributed by atoms with E-state index in [0.29, 0.717) is 6.54 Å². The van der Waals surface area contributed by atoms with Gasteiger partial charge in [-0.3, -0.25) is 4.99 Å². The van der Waals surface area contributed by atoms with Gasteiger partial charge < -0.3 is 4.74 Å². The van der Waals surface area contributed by atoms with Crippen LogP contribution in [-0.4, -0.2) is 12.8 Å². The highest BCUT2D eigenvalue weighted by molar-refractivity contribution is 9.10. The predicted octanol–water partition coefficient (Wildman–Crippen LogP) is 4.47. The topological polar surface area (TPSA) is 21.6 Å². The van der Waals surface area contributed by atoms with Gasteiger partial charge in [0.05, 0.1) is 13.7 Å². The van der Waals surface area contributed by atoms with Crippen LogP contribution in [0.15, 0.2) is 58.0 Å². The fourth-order valence-corrected chi connectivity index (χ4v) is 1.99. The number of halogens is 1. The van der Waals surface area contributed by atoms with Gasteiger partial charge in [0, 0.05) is 10.2 Å². The summed E-state index contributed by atoms with van der Waals surface area (Å²) < 4.78 is 6.22. The number of hydrogen-bond donors (Lipinski definition) is 0. The molecule has 0 unspecified atom stereocenters. The summed E-state index contributed by atoms with van der Waals surface area (Å²) in [7, 11) is 1.67. The van der Waals surface area contributed by atoms with E-state index >= 15 is 0 Å². The Labute approximate surface area is 122 Å². The molecule has 98 valence electrons. The molecule has 0 spiro atoms. The molecule has 2 aromatic rings. The smallest absolute Gasteiger partial charge is 0.118 e. The highest BCUT2D eigenvalue weighted by Gasteiger charge is 1.98. The summed E-state index contributed by atoms with van der Waals surface area (Å²) in [5.74, 6) is 0.873. The molecule has 2 nitrogen and oxygen atoms in total. The number of rotatable bonds is 4. The number of methoxy groups -OCH3 is 1. The van der Waals surface area contributed by atoms with Gasteiger partial charge in [0.2, 0.25) is 0 Å². The maximum Gasteiger partial charge on any atom is 0.118 e. The molecule has 19 heavy (non-hydrogen) atoms. The molecule has 0 fully saturated rings. The van der Waals surface area contributed by atoms with Gasteiger partial charge in [-0.05, 0) is 42.3 Å². The lowest BCUT2D eigenvalue weighted by Crippen LogP contribution is -1.95. The number of hydrogen-bond acceptors (Lipinski definition) is 2. The van der Waals surface area contributed by atoms with Crippen LogP contribution in [0.1, 0.15) is 18.1 Å². The largest absolute Gasteiger partial charge is 0.497 e. The fourth-order valence-electron chi connectivity index (χ4n) is 1.72. The number of aliphatic imine (C=N–C) groups is 1. The van der Waals surface area contributed by atoms with E-state index in [-0.39, 0.29) is 0 Å². The van der Waals surface area contributed by atoms with Crippen LogP contribution in [0.25, 0.3) is 0 Å². The number of nitrogens with zero attached hydrogens (tertiary/aromatic N) is 1. The third kappa shape index (κ3) is 3.93. The zero-order valence-corrected chi connectivity index (χ0v) is 12.6. The summed E-state index contributed by atoms with van der Waals surface area (Å²) in [5, 5.41) is 0. The van der Waals surface area contributed by atoms with Crippen molar-refractivity contribution in [3.63, 3.8) is 0 Å². The molecule has 0 aliphatic rings. The molecular weight excluding hydrogens is 302 g/mol. The standard InChI is InChI=1S/C16H16BrNO/c1-12(14-5-7-15(17)8-6-14)18-11-13-3-9-16(19-2)10-4-13/h3-10H,11H2,1-2H3. The van der Waals surface area contributed by atoms with E-state index in [1.807, 2.05) is 43.3 Å². The highest BCUT2D eigenvalue weighted by atomic mass is 79.9. The highest BCUT2D eigenvalue weighted by Crippen LogP contribution is 2.14. The van der Waals surface area contributed by atoms with Crippen molar-refractivity contribution in [2.75, 3.05) is 7.11 Å². The molecule has 0 amide bonds. The predicted molar refractivity (Wildman–Crippen MR) is 83.1 cm³/mol. The summed E-state index contributed by atoms with van der Waals surface area (Å²) in [6.45, 7) is 2.72. The van der Waals surface area contributed by atoms with Gasteiger partial charge >= 0.3 is 0 Å². The molecule has 0 bridgehead atoms. The Hall–Kier alpha value is -1.61. The van der Waals surface area contributed by atoms with Gasteiger partial charge in [0.1, 0.15) is 5.75 Å². The van der Waals surface area contributed by atoms with Crippen LogP contribution < -0.4 is 4.74 Å². The van der Waals surface area contributed by atoms with Gasteiger partial charge in [-0.2, -0.15) is 0 Å². The van der Waals surface area contributed by atoms with E-state index in [2.05, 4.69) is 33.1 Å². The normalized spacial score (nSPS) is 11.4. The van der Waals surface area contributed by atoms with E-state index in [1.165, 1.54) is 5.56 Å². The minimum Gasteiger partial charge on any atom is -0.497 e. The van der Waals surface area contributed by atoms with E-state index in [1.54, 1.807) is 7.11 Å². The first-order chi connectivity index (χ1) is 9.19. The number of benzene rings is 2. The van der Waals surface area contributed by atoms with Crippen molar-refractivity contribution < 1.29 is 4.74 Å². The molecule has 0 N–H and O–H groups in total. The molecule has 0 aliphatic carbocycles. The molecule has 0 heterocycles. The van der Waals surface area contributed by atoms with Crippen molar-refractivity contribution in [1.29, 1.82) is 0 Å². The second kappa shape index (κ2) is 6.53. The van der Waals surface area contributed by atoms with Crippen molar-refractivity contribution in [2.24, 2.45) is 4.99 Å². The van der Waals surface area contributed by atoms with Crippen LogP contribution in [0, 0.1) is 0 Å². The third-order valence-electron chi connectivity index (χ3n) is 2.92. The fraction of sp³-hybridized carbons (Fsp3) is 0.188. The third-order valence-corrected chi connectivity index (χ3v) is 3.45. The van der Waals surface area contributed by atoms with Gasteiger partial charge in [-0.15, -0.1) is 0 Å². The first-order valence-corrected chi connectivity index (χ1v) is 6.88. The Morgan fingerprint density at radius 1 is 1.05 bits per heavy atom. The molecule has 2 aromatic carbocycles. The van der Waals surface area contributed by atoms with E-state index in [9.17, 15) is 0 Å². The molecule has 0 saturated heterocycles. The lowest BCUT2D eigenvalue weighted by Gasteiger charge is -2.03. The maximum absolute atomic E-state index is 5.14. The molecule has 0 saturated carbocycles. The van der Waals surface area contributed by atoms with Crippen LogP contribution in [0.4, 0.5) is 0 Å². The summed E-state index contributed by atoms with van der Waals surface area (Å²) in [5.41, 5.74) is 3.37. The number of ether oxygens (including phenoxy) is 1. The lowest BCUT2D eigenvalue weighted by molar-refractivity contribution is 0.414. The quantitative estimate of drug-likeness (QED) is 0.762. The lowest BCUT2D eigenvalue weighted by atomic mass is 10.1. The Kier molecular flexibility index (Phi) is 4.74. The molecular formula is C16H16BrNO. The summed E-state index contributed by atoms with van der Waals surface area (Å²) in [6, 6.07) is 16.2. The van der Waals surface area contributed by atoms with Crippen molar-refractivity contribution in [2.45, 2.75) is 13.5 Å². The summed E-state index contributed by atoms with van der Waals surface area (Å²) in [6.07, 6.45) is 0. The van der Waals surface area contributed by atoms with E-state index in [4.69, 9.17) is 4.74 Å². The first kappa shape index (κ1) is 13.8. The van der Waals surface area contributed by atoms with Gasteiger partial charge in [0.15, 0.2) is 0 Å². The van der Waals surface area contributed by atoms with Gasteiger partial charge in [-0.25, -0.2) is 0 Å². The molecule has 0 aromatic heterocycles. The van der Waals surface area contributed by atoms with Crippen molar-refractivity contribution in [3.05, 3.63) is 64.1 Å². The van der Waals surface area contributed by atoms with Crippen molar-refractivity contribution >= 4 is 21.6 Å². The second-order valence-corrected chi connectivity index (χ2v) is 5.17. The Bertz CT molecular complexity index is 558. The second-order valence-electron chi connectivity index (χ2n) is 4.26.